The number of rotatable bonds is 6. The summed E-state index contributed by atoms with van der Waals surface area (Å²) in [5.74, 6) is 0.973. The Balaban J connectivity index is 1.73. The van der Waals surface area contributed by atoms with E-state index in [2.05, 4.69) is 51.0 Å². The van der Waals surface area contributed by atoms with Gasteiger partial charge < -0.3 is 5.73 Å². The minimum absolute atomic E-state index is 0.258. The summed E-state index contributed by atoms with van der Waals surface area (Å²) < 4.78 is 1.12. The van der Waals surface area contributed by atoms with Gasteiger partial charge >= 0.3 is 0 Å². The molecule has 4 heteroatoms. The molecule has 1 unspecified atom stereocenters. The summed E-state index contributed by atoms with van der Waals surface area (Å²) in [5.41, 5.74) is 7.55. The summed E-state index contributed by atoms with van der Waals surface area (Å²) in [7, 11) is 0. The first-order chi connectivity index (χ1) is 8.74. The lowest BCUT2D eigenvalue weighted by atomic mass is 10.1. The Morgan fingerprint density at radius 3 is 2.94 bits per heavy atom. The minimum atomic E-state index is 0.258. The minimum Gasteiger partial charge on any atom is -0.327 e. The Bertz CT molecular complexity index is 470. The highest BCUT2D eigenvalue weighted by atomic mass is 79.9. The maximum atomic E-state index is 6.15. The molecule has 0 radical (unpaired) electrons. The third kappa shape index (κ3) is 4.76. The van der Waals surface area contributed by atoms with Gasteiger partial charge in [0.05, 0.1) is 0 Å². The maximum absolute atomic E-state index is 6.15. The smallest absolute Gasteiger partial charge is 0.0186 e. The summed E-state index contributed by atoms with van der Waals surface area (Å²) in [5, 5.41) is 4.32. The van der Waals surface area contributed by atoms with Gasteiger partial charge in [0.15, 0.2) is 0 Å². The third-order valence-corrected chi connectivity index (χ3v) is 5.05. The number of nitrogens with two attached hydrogens (primary N) is 1. The summed E-state index contributed by atoms with van der Waals surface area (Å²) >= 11 is 7.06. The molecule has 0 aliphatic rings. The molecular weight excluding hydrogens is 326 g/mol. The molecule has 0 amide bonds. The molecule has 0 spiro atoms. The van der Waals surface area contributed by atoms with Gasteiger partial charge in [-0.3, -0.25) is 0 Å². The van der Waals surface area contributed by atoms with E-state index in [0.29, 0.717) is 0 Å². The SMILES string of the molecule is NC(CCc1ccsc1)CSc1cccc(Br)c1. The molecule has 18 heavy (non-hydrogen) atoms. The van der Waals surface area contributed by atoms with Crippen molar-refractivity contribution >= 4 is 39.0 Å². The van der Waals surface area contributed by atoms with Crippen LogP contribution in [0.4, 0.5) is 0 Å². The molecular formula is C14H16BrNS2. The fourth-order valence-electron chi connectivity index (χ4n) is 1.63. The summed E-state index contributed by atoms with van der Waals surface area (Å²) in [6, 6.07) is 10.8. The summed E-state index contributed by atoms with van der Waals surface area (Å²) in [6.07, 6.45) is 2.14. The Morgan fingerprint density at radius 1 is 1.33 bits per heavy atom. The van der Waals surface area contributed by atoms with E-state index in [-0.39, 0.29) is 6.04 Å². The maximum Gasteiger partial charge on any atom is 0.0186 e. The molecule has 1 aromatic carbocycles. The number of hydrogen-bond donors (Lipinski definition) is 1. The van der Waals surface area contributed by atoms with Gasteiger partial charge in [-0.15, -0.1) is 11.8 Å². The number of thioether (sulfide) groups is 1. The Labute approximate surface area is 125 Å². The monoisotopic (exact) mass is 341 g/mol. The molecule has 0 fully saturated rings. The Morgan fingerprint density at radius 2 is 2.22 bits per heavy atom. The van der Waals surface area contributed by atoms with E-state index < -0.39 is 0 Å². The molecule has 0 aliphatic carbocycles. The molecule has 96 valence electrons. The highest BCUT2D eigenvalue weighted by Crippen LogP contribution is 2.23. The molecule has 0 saturated carbocycles. The van der Waals surface area contributed by atoms with Crippen LogP contribution in [-0.2, 0) is 6.42 Å². The van der Waals surface area contributed by atoms with Gasteiger partial charge in [-0.25, -0.2) is 0 Å². The zero-order valence-electron chi connectivity index (χ0n) is 10.0. The average Bonchev–Trinajstić information content (AvgIpc) is 2.87. The zero-order valence-corrected chi connectivity index (χ0v) is 13.2. The number of benzene rings is 1. The van der Waals surface area contributed by atoms with Crippen molar-refractivity contribution < 1.29 is 0 Å². The Hall–Kier alpha value is -0.290. The van der Waals surface area contributed by atoms with E-state index in [0.717, 1.165) is 23.1 Å². The van der Waals surface area contributed by atoms with Crippen LogP contribution in [0, 0.1) is 0 Å². The van der Waals surface area contributed by atoms with Crippen molar-refractivity contribution in [2.45, 2.75) is 23.8 Å². The Kier molecular flexibility index (Phi) is 5.76. The summed E-state index contributed by atoms with van der Waals surface area (Å²) in [4.78, 5) is 1.27. The van der Waals surface area contributed by atoms with Crippen LogP contribution in [0.2, 0.25) is 0 Å². The van der Waals surface area contributed by atoms with E-state index in [1.807, 2.05) is 17.8 Å². The molecule has 0 saturated heterocycles. The molecule has 0 aliphatic heterocycles. The van der Waals surface area contributed by atoms with Gasteiger partial charge in [0.1, 0.15) is 0 Å². The van der Waals surface area contributed by atoms with Crippen molar-refractivity contribution in [1.29, 1.82) is 0 Å². The third-order valence-electron chi connectivity index (χ3n) is 2.64. The lowest BCUT2D eigenvalue weighted by Gasteiger charge is -2.10. The van der Waals surface area contributed by atoms with Crippen LogP contribution in [0.3, 0.4) is 0 Å². The lowest BCUT2D eigenvalue weighted by molar-refractivity contribution is 0.675. The first kappa shape index (κ1) is 14.1. The molecule has 1 aromatic heterocycles. The van der Waals surface area contributed by atoms with Crippen molar-refractivity contribution in [1.82, 2.24) is 0 Å². The molecule has 2 rings (SSSR count). The quantitative estimate of drug-likeness (QED) is 0.779. The van der Waals surface area contributed by atoms with E-state index in [1.165, 1.54) is 10.5 Å². The van der Waals surface area contributed by atoms with Crippen molar-refractivity contribution in [3.05, 3.63) is 51.1 Å². The highest BCUT2D eigenvalue weighted by Gasteiger charge is 2.05. The predicted octanol–water partition coefficient (Wildman–Crippen LogP) is 4.56. The number of hydrogen-bond acceptors (Lipinski definition) is 3. The fraction of sp³-hybridized carbons (Fsp3) is 0.286. The van der Waals surface area contributed by atoms with Gasteiger partial charge in [-0.1, -0.05) is 22.0 Å². The van der Waals surface area contributed by atoms with E-state index >= 15 is 0 Å². The van der Waals surface area contributed by atoms with Crippen LogP contribution >= 0.6 is 39.0 Å². The van der Waals surface area contributed by atoms with Crippen molar-refractivity contribution in [3.8, 4) is 0 Å². The number of thiophene rings is 1. The fourth-order valence-corrected chi connectivity index (χ4v) is 3.84. The van der Waals surface area contributed by atoms with Crippen LogP contribution in [-0.4, -0.2) is 11.8 Å². The second-order valence-electron chi connectivity index (χ2n) is 4.20. The van der Waals surface area contributed by atoms with Crippen LogP contribution in [0.1, 0.15) is 12.0 Å². The van der Waals surface area contributed by atoms with E-state index in [4.69, 9.17) is 5.73 Å². The van der Waals surface area contributed by atoms with E-state index in [9.17, 15) is 0 Å². The standard InChI is InChI=1S/C14H16BrNS2/c15-12-2-1-3-14(8-12)18-10-13(16)5-4-11-6-7-17-9-11/h1-3,6-9,13H,4-5,10,16H2. The van der Waals surface area contributed by atoms with Crippen molar-refractivity contribution in [3.63, 3.8) is 0 Å². The van der Waals surface area contributed by atoms with Gasteiger partial charge in [-0.05, 0) is 53.4 Å². The average molecular weight is 342 g/mol. The van der Waals surface area contributed by atoms with Gasteiger partial charge in [0.2, 0.25) is 0 Å². The highest BCUT2D eigenvalue weighted by molar-refractivity contribution is 9.10. The predicted molar refractivity (Wildman–Crippen MR) is 85.5 cm³/mol. The molecule has 2 N–H and O–H groups in total. The lowest BCUT2D eigenvalue weighted by Crippen LogP contribution is -2.23. The normalized spacial score (nSPS) is 12.6. The second-order valence-corrected chi connectivity index (χ2v) is 6.99. The van der Waals surface area contributed by atoms with Crippen LogP contribution in [0.5, 0.6) is 0 Å². The molecule has 1 atom stereocenters. The number of aryl methyl sites for hydroxylation is 1. The number of halogens is 1. The van der Waals surface area contributed by atoms with Crippen molar-refractivity contribution in [2.75, 3.05) is 5.75 Å². The topological polar surface area (TPSA) is 26.0 Å². The largest absolute Gasteiger partial charge is 0.327 e. The van der Waals surface area contributed by atoms with Gasteiger partial charge in [0, 0.05) is 21.2 Å². The van der Waals surface area contributed by atoms with E-state index in [1.54, 1.807) is 11.3 Å². The summed E-state index contributed by atoms with van der Waals surface area (Å²) in [6.45, 7) is 0. The molecule has 0 bridgehead atoms. The zero-order chi connectivity index (χ0) is 12.8. The van der Waals surface area contributed by atoms with Gasteiger partial charge in [0.25, 0.3) is 0 Å². The molecule has 1 nitrogen and oxygen atoms in total. The van der Waals surface area contributed by atoms with Crippen LogP contribution in [0.25, 0.3) is 0 Å². The first-order valence-corrected chi connectivity index (χ1v) is 8.61. The molecule has 1 heterocycles. The second kappa shape index (κ2) is 7.34. The van der Waals surface area contributed by atoms with Gasteiger partial charge in [-0.2, -0.15) is 11.3 Å². The first-order valence-electron chi connectivity index (χ1n) is 5.89. The molecule has 2 aromatic rings. The van der Waals surface area contributed by atoms with Crippen molar-refractivity contribution in [2.24, 2.45) is 5.73 Å². The van der Waals surface area contributed by atoms with Crippen LogP contribution in [0.15, 0.2) is 50.5 Å². The van der Waals surface area contributed by atoms with Crippen LogP contribution < -0.4 is 5.73 Å².